The molecular formula is C27H34FNO3P+. The monoisotopic (exact) mass is 470 g/mol. The number of nitrogens with one attached hydrogen (secondary N) is 1. The van der Waals surface area contributed by atoms with Crippen molar-refractivity contribution >= 4 is 24.8 Å². The summed E-state index contributed by atoms with van der Waals surface area (Å²) in [5.74, 6) is -0.452. The Kier molecular flexibility index (Phi) is 7.19. The van der Waals surface area contributed by atoms with Gasteiger partial charge in [0.15, 0.2) is 11.3 Å². The maximum atomic E-state index is 13.8. The molecule has 1 saturated heterocycles. The zero-order valence-corrected chi connectivity index (χ0v) is 20.6. The minimum Gasteiger partial charge on any atom is -0.458 e. The number of amides is 1. The van der Waals surface area contributed by atoms with E-state index in [2.05, 4.69) is 5.32 Å². The molecule has 0 bridgehead atoms. The lowest BCUT2D eigenvalue weighted by Gasteiger charge is -2.33. The third-order valence-corrected chi connectivity index (χ3v) is 13.1. The largest absolute Gasteiger partial charge is 0.458 e. The maximum absolute atomic E-state index is 13.8. The molecule has 2 aromatic rings. The van der Waals surface area contributed by atoms with Gasteiger partial charge < -0.3 is 10.1 Å². The van der Waals surface area contributed by atoms with Gasteiger partial charge in [-0.25, -0.2) is 9.18 Å². The molecule has 0 aromatic heterocycles. The number of halogens is 1. The Hall–Kier alpha value is -2.26. The summed E-state index contributed by atoms with van der Waals surface area (Å²) in [7, 11) is -1.90. The average Bonchev–Trinajstić information content (AvgIpc) is 3.61. The number of aryl methyl sites for hydroxylation is 2. The standard InChI is InChI=1S/C27H33FNO3P/c1-20-16-23(28)17-21(2)25(20)29-26(31)27(12-13-27)33(14-8-3-4-9-15-33)19-24(30)32-18-22-10-6-5-7-11-22/h5-7,10-11,16-17H,3-4,8-9,12-15,18-19H2,1-2H3/p+1. The molecule has 1 saturated carbocycles. The lowest BCUT2D eigenvalue weighted by molar-refractivity contribution is -0.141. The van der Waals surface area contributed by atoms with Gasteiger partial charge >= 0.3 is 5.97 Å². The van der Waals surface area contributed by atoms with Gasteiger partial charge in [-0.15, -0.1) is 0 Å². The second-order valence-corrected chi connectivity index (χ2v) is 14.1. The quantitative estimate of drug-likeness (QED) is 0.384. The van der Waals surface area contributed by atoms with Crippen LogP contribution in [-0.2, 0) is 20.9 Å². The van der Waals surface area contributed by atoms with E-state index < -0.39 is 12.4 Å². The van der Waals surface area contributed by atoms with E-state index in [0.717, 1.165) is 67.5 Å². The van der Waals surface area contributed by atoms with Crippen LogP contribution in [0.15, 0.2) is 42.5 Å². The topological polar surface area (TPSA) is 55.4 Å². The third-order valence-electron chi connectivity index (χ3n) is 7.39. The lowest BCUT2D eigenvalue weighted by Crippen LogP contribution is -2.38. The van der Waals surface area contributed by atoms with Crippen molar-refractivity contribution in [2.24, 2.45) is 0 Å². The van der Waals surface area contributed by atoms with Crippen molar-refractivity contribution in [2.45, 2.75) is 64.1 Å². The summed E-state index contributed by atoms with van der Waals surface area (Å²) < 4.78 is 19.5. The highest BCUT2D eigenvalue weighted by molar-refractivity contribution is 7.79. The van der Waals surface area contributed by atoms with Crippen LogP contribution < -0.4 is 5.32 Å². The van der Waals surface area contributed by atoms with Crippen LogP contribution in [0.25, 0.3) is 0 Å². The fourth-order valence-corrected chi connectivity index (χ4v) is 10.9. The molecule has 1 aliphatic carbocycles. The Morgan fingerprint density at radius 2 is 1.61 bits per heavy atom. The summed E-state index contributed by atoms with van der Waals surface area (Å²) in [6.45, 7) is 3.92. The normalized spacial score (nSPS) is 18.8. The molecule has 2 fully saturated rings. The van der Waals surface area contributed by atoms with Crippen LogP contribution in [-0.4, -0.2) is 35.5 Å². The molecule has 33 heavy (non-hydrogen) atoms. The van der Waals surface area contributed by atoms with Crippen LogP contribution in [0.3, 0.4) is 0 Å². The van der Waals surface area contributed by atoms with Crippen molar-refractivity contribution in [2.75, 3.05) is 23.8 Å². The number of ether oxygens (including phenoxy) is 1. The predicted octanol–water partition coefficient (Wildman–Crippen LogP) is 6.25. The number of carbonyl (C=O) groups excluding carboxylic acids is 2. The molecule has 1 N–H and O–H groups in total. The zero-order chi connectivity index (χ0) is 23.5. The third kappa shape index (κ3) is 5.14. The Morgan fingerprint density at radius 1 is 1.00 bits per heavy atom. The van der Waals surface area contributed by atoms with Crippen LogP contribution in [0.5, 0.6) is 0 Å². The fraction of sp³-hybridized carbons (Fsp3) is 0.481. The van der Waals surface area contributed by atoms with Crippen LogP contribution in [0.4, 0.5) is 10.1 Å². The highest BCUT2D eigenvalue weighted by atomic mass is 31.2. The highest BCUT2D eigenvalue weighted by Gasteiger charge is 2.70. The van der Waals surface area contributed by atoms with Gasteiger partial charge in [0.25, 0.3) is 5.91 Å². The molecule has 0 spiro atoms. The fourth-order valence-electron chi connectivity index (χ4n) is 5.44. The van der Waals surface area contributed by atoms with Gasteiger partial charge in [0, 0.05) is 25.8 Å². The first-order chi connectivity index (χ1) is 15.9. The Bertz CT molecular complexity index is 988. The molecule has 1 aliphatic heterocycles. The van der Waals surface area contributed by atoms with Crippen LogP contribution in [0, 0.1) is 19.7 Å². The Morgan fingerprint density at radius 3 is 2.18 bits per heavy atom. The summed E-state index contributed by atoms with van der Waals surface area (Å²) in [6, 6.07) is 12.6. The number of carbonyl (C=O) groups is 2. The Labute approximate surface area is 196 Å². The number of hydrogen-bond acceptors (Lipinski definition) is 3. The molecule has 1 amide bonds. The molecule has 2 aromatic carbocycles. The minimum absolute atomic E-state index is 0.0198. The molecule has 0 radical (unpaired) electrons. The summed E-state index contributed by atoms with van der Waals surface area (Å²) in [4.78, 5) is 26.8. The first-order valence-electron chi connectivity index (χ1n) is 12.0. The second kappa shape index (κ2) is 9.93. The van der Waals surface area contributed by atoms with E-state index >= 15 is 0 Å². The molecule has 2 aliphatic rings. The number of rotatable bonds is 7. The van der Waals surface area contributed by atoms with E-state index in [0.29, 0.717) is 11.8 Å². The molecule has 0 atom stereocenters. The van der Waals surface area contributed by atoms with Crippen molar-refractivity contribution in [1.82, 2.24) is 0 Å². The Balaban J connectivity index is 1.54. The van der Waals surface area contributed by atoms with Crippen LogP contribution in [0.2, 0.25) is 0 Å². The van der Waals surface area contributed by atoms with E-state index in [4.69, 9.17) is 4.74 Å². The van der Waals surface area contributed by atoms with E-state index in [9.17, 15) is 14.0 Å². The lowest BCUT2D eigenvalue weighted by atomic mass is 10.1. The van der Waals surface area contributed by atoms with E-state index in [1.165, 1.54) is 12.1 Å². The summed E-state index contributed by atoms with van der Waals surface area (Å²) in [6.07, 6.45) is 8.46. The molecule has 1 heterocycles. The van der Waals surface area contributed by atoms with Gasteiger partial charge in [-0.1, -0.05) is 30.3 Å². The summed E-state index contributed by atoms with van der Waals surface area (Å²) >= 11 is 0. The van der Waals surface area contributed by atoms with Crippen molar-refractivity contribution in [3.63, 3.8) is 0 Å². The van der Waals surface area contributed by atoms with E-state index in [-0.39, 0.29) is 24.3 Å². The second-order valence-electron chi connectivity index (χ2n) is 9.71. The van der Waals surface area contributed by atoms with Gasteiger partial charge in [-0.05, 0) is 68.4 Å². The molecule has 4 nitrogen and oxygen atoms in total. The van der Waals surface area contributed by atoms with E-state index in [1.807, 2.05) is 44.2 Å². The molecule has 6 heteroatoms. The van der Waals surface area contributed by atoms with Crippen molar-refractivity contribution in [3.05, 3.63) is 65.0 Å². The number of anilines is 1. The number of benzene rings is 2. The van der Waals surface area contributed by atoms with Gasteiger partial charge in [0.2, 0.25) is 0 Å². The molecule has 0 unspecified atom stereocenters. The molecule has 4 rings (SSSR count). The van der Waals surface area contributed by atoms with Gasteiger partial charge in [-0.3, -0.25) is 4.79 Å². The van der Waals surface area contributed by atoms with Crippen molar-refractivity contribution in [3.8, 4) is 0 Å². The van der Waals surface area contributed by atoms with Gasteiger partial charge in [0.05, 0.1) is 12.3 Å². The summed E-state index contributed by atoms with van der Waals surface area (Å²) in [5, 5.41) is 2.70. The predicted molar refractivity (Wildman–Crippen MR) is 133 cm³/mol. The van der Waals surface area contributed by atoms with Gasteiger partial charge in [-0.2, -0.15) is 0 Å². The average molecular weight is 471 g/mol. The van der Waals surface area contributed by atoms with Crippen molar-refractivity contribution in [1.29, 1.82) is 0 Å². The maximum Gasteiger partial charge on any atom is 0.344 e. The molecular weight excluding hydrogens is 436 g/mol. The van der Waals surface area contributed by atoms with Crippen LogP contribution >= 0.6 is 7.26 Å². The zero-order valence-electron chi connectivity index (χ0n) is 19.7. The SMILES string of the molecule is Cc1cc(F)cc(C)c1NC(=O)C1([P+]2(CC(=O)OCc3ccccc3)CCCCCC2)CC1. The number of hydrogen-bond donors (Lipinski definition) is 1. The first-order valence-corrected chi connectivity index (χ1v) is 14.3. The highest BCUT2D eigenvalue weighted by Crippen LogP contribution is 2.79. The van der Waals surface area contributed by atoms with Gasteiger partial charge in [0.1, 0.15) is 12.4 Å². The van der Waals surface area contributed by atoms with E-state index in [1.54, 1.807) is 0 Å². The van der Waals surface area contributed by atoms with Crippen LogP contribution in [0.1, 0.15) is 55.2 Å². The summed E-state index contributed by atoms with van der Waals surface area (Å²) in [5.41, 5.74) is 3.13. The molecule has 176 valence electrons. The first kappa shape index (κ1) is 23.9. The smallest absolute Gasteiger partial charge is 0.344 e. The minimum atomic E-state index is -1.90. The van der Waals surface area contributed by atoms with Crippen molar-refractivity contribution < 1.29 is 18.7 Å². The number of esters is 1.